The molecule has 19 heavy (non-hydrogen) atoms. The number of para-hydroxylation sites is 1. The lowest BCUT2D eigenvalue weighted by Crippen LogP contribution is -2.20. The van der Waals surface area contributed by atoms with Crippen molar-refractivity contribution in [3.8, 4) is 0 Å². The van der Waals surface area contributed by atoms with Crippen LogP contribution in [-0.4, -0.2) is 17.1 Å². The van der Waals surface area contributed by atoms with E-state index in [0.29, 0.717) is 17.8 Å². The van der Waals surface area contributed by atoms with Crippen LogP contribution in [-0.2, 0) is 6.42 Å². The van der Waals surface area contributed by atoms with Gasteiger partial charge in [0.05, 0.1) is 23.2 Å². The molecule has 0 saturated heterocycles. The fourth-order valence-electron chi connectivity index (χ4n) is 1.94. The molecular formula is C14H16N2O3. The van der Waals surface area contributed by atoms with E-state index >= 15 is 0 Å². The lowest BCUT2D eigenvalue weighted by molar-refractivity contribution is 0.0698. The van der Waals surface area contributed by atoms with Crippen LogP contribution >= 0.6 is 0 Å². The molecule has 1 aromatic heterocycles. The maximum atomic E-state index is 11.2. The van der Waals surface area contributed by atoms with E-state index in [-0.39, 0.29) is 11.6 Å². The second-order valence-corrected chi connectivity index (χ2v) is 4.40. The van der Waals surface area contributed by atoms with Crippen LogP contribution in [0.2, 0.25) is 0 Å². The molecule has 1 heterocycles. The normalized spacial score (nSPS) is 12.1. The molecule has 1 unspecified atom stereocenters. The number of rotatable bonds is 5. The first-order valence-electron chi connectivity index (χ1n) is 5.98. The van der Waals surface area contributed by atoms with Crippen molar-refractivity contribution in [2.24, 2.45) is 0 Å². The molecule has 0 fully saturated rings. The number of anilines is 2. The predicted molar refractivity (Wildman–Crippen MR) is 73.3 cm³/mol. The number of hydrogen-bond donors (Lipinski definition) is 3. The Labute approximate surface area is 111 Å². The third-order valence-corrected chi connectivity index (χ3v) is 2.81. The van der Waals surface area contributed by atoms with E-state index in [1.54, 1.807) is 18.4 Å². The second kappa shape index (κ2) is 5.48. The Morgan fingerprint density at radius 3 is 2.84 bits per heavy atom. The maximum Gasteiger partial charge on any atom is 0.337 e. The van der Waals surface area contributed by atoms with Gasteiger partial charge in [0.2, 0.25) is 0 Å². The number of nitrogens with two attached hydrogens (primary N) is 1. The first-order chi connectivity index (χ1) is 9.08. The number of nitrogen functional groups attached to an aromatic ring is 1. The number of carboxylic acids is 1. The third-order valence-electron chi connectivity index (χ3n) is 2.81. The van der Waals surface area contributed by atoms with Gasteiger partial charge in [-0.05, 0) is 31.2 Å². The first-order valence-corrected chi connectivity index (χ1v) is 5.98. The van der Waals surface area contributed by atoms with Crippen LogP contribution in [0.4, 0.5) is 11.4 Å². The van der Waals surface area contributed by atoms with Crippen molar-refractivity contribution in [2.45, 2.75) is 19.4 Å². The Balaban J connectivity index is 2.16. The minimum atomic E-state index is -1.00. The number of hydrogen-bond acceptors (Lipinski definition) is 4. The molecule has 2 aromatic rings. The topological polar surface area (TPSA) is 88.5 Å². The summed E-state index contributed by atoms with van der Waals surface area (Å²) in [5, 5.41) is 12.3. The van der Waals surface area contributed by atoms with E-state index in [1.165, 1.54) is 6.07 Å². The summed E-state index contributed by atoms with van der Waals surface area (Å²) in [6.07, 6.45) is 2.27. The van der Waals surface area contributed by atoms with Crippen molar-refractivity contribution in [3.05, 3.63) is 47.9 Å². The van der Waals surface area contributed by atoms with Crippen molar-refractivity contribution < 1.29 is 14.3 Å². The summed E-state index contributed by atoms with van der Waals surface area (Å²) in [5.41, 5.74) is 6.88. The zero-order valence-electron chi connectivity index (χ0n) is 10.6. The lowest BCUT2D eigenvalue weighted by atomic mass is 10.1. The first kappa shape index (κ1) is 13.0. The summed E-state index contributed by atoms with van der Waals surface area (Å²) in [4.78, 5) is 11.2. The molecule has 2 rings (SSSR count). The van der Waals surface area contributed by atoms with Crippen LogP contribution in [0.5, 0.6) is 0 Å². The van der Waals surface area contributed by atoms with Crippen molar-refractivity contribution in [2.75, 3.05) is 11.1 Å². The van der Waals surface area contributed by atoms with E-state index in [0.717, 1.165) is 5.76 Å². The van der Waals surface area contributed by atoms with Crippen LogP contribution in [0.15, 0.2) is 41.0 Å². The Morgan fingerprint density at radius 2 is 2.21 bits per heavy atom. The summed E-state index contributed by atoms with van der Waals surface area (Å²) in [5.74, 6) is -0.161. The fourth-order valence-corrected chi connectivity index (χ4v) is 1.94. The van der Waals surface area contributed by atoms with Gasteiger partial charge in [0, 0.05) is 12.5 Å². The van der Waals surface area contributed by atoms with E-state index in [4.69, 9.17) is 15.3 Å². The Morgan fingerprint density at radius 1 is 1.42 bits per heavy atom. The molecule has 5 nitrogen and oxygen atoms in total. The molecule has 1 aromatic carbocycles. The van der Waals surface area contributed by atoms with E-state index in [2.05, 4.69) is 5.32 Å². The van der Waals surface area contributed by atoms with Crippen LogP contribution in [0, 0.1) is 0 Å². The molecule has 0 saturated carbocycles. The molecule has 0 amide bonds. The van der Waals surface area contributed by atoms with Crippen LogP contribution in [0.1, 0.15) is 23.0 Å². The molecule has 100 valence electrons. The maximum absolute atomic E-state index is 11.2. The monoisotopic (exact) mass is 260 g/mol. The van der Waals surface area contributed by atoms with Gasteiger partial charge >= 0.3 is 5.97 Å². The van der Waals surface area contributed by atoms with Crippen molar-refractivity contribution in [1.29, 1.82) is 0 Å². The largest absolute Gasteiger partial charge is 0.478 e. The van der Waals surface area contributed by atoms with Crippen molar-refractivity contribution in [3.63, 3.8) is 0 Å². The quantitative estimate of drug-likeness (QED) is 0.719. The molecule has 0 radical (unpaired) electrons. The van der Waals surface area contributed by atoms with Crippen LogP contribution in [0.25, 0.3) is 0 Å². The fraction of sp³-hybridized carbons (Fsp3) is 0.214. The smallest absolute Gasteiger partial charge is 0.337 e. The van der Waals surface area contributed by atoms with Gasteiger partial charge in [-0.15, -0.1) is 0 Å². The van der Waals surface area contributed by atoms with Gasteiger partial charge in [0.25, 0.3) is 0 Å². The molecule has 0 bridgehead atoms. The number of carboxylic acid groups (broad SMARTS) is 1. The second-order valence-electron chi connectivity index (χ2n) is 4.40. The number of aromatic carboxylic acids is 1. The number of nitrogens with one attached hydrogen (secondary N) is 1. The molecule has 1 atom stereocenters. The summed E-state index contributed by atoms with van der Waals surface area (Å²) in [6, 6.07) is 8.54. The summed E-state index contributed by atoms with van der Waals surface area (Å²) < 4.78 is 5.26. The molecule has 0 spiro atoms. The molecule has 0 aliphatic heterocycles. The van der Waals surface area contributed by atoms with E-state index in [9.17, 15) is 4.79 Å². The summed E-state index contributed by atoms with van der Waals surface area (Å²) in [6.45, 7) is 1.95. The van der Waals surface area contributed by atoms with Gasteiger partial charge < -0.3 is 20.6 Å². The number of carbonyl (C=O) groups is 1. The number of furan rings is 1. The van der Waals surface area contributed by atoms with Crippen LogP contribution in [0.3, 0.4) is 0 Å². The van der Waals surface area contributed by atoms with E-state index in [1.807, 2.05) is 19.1 Å². The average Bonchev–Trinajstić information content (AvgIpc) is 2.84. The lowest BCUT2D eigenvalue weighted by Gasteiger charge is -2.17. The summed E-state index contributed by atoms with van der Waals surface area (Å²) >= 11 is 0. The van der Waals surface area contributed by atoms with Gasteiger partial charge in [-0.1, -0.05) is 6.07 Å². The van der Waals surface area contributed by atoms with Gasteiger partial charge in [-0.3, -0.25) is 0 Å². The highest BCUT2D eigenvalue weighted by atomic mass is 16.4. The average molecular weight is 260 g/mol. The molecule has 0 aliphatic rings. The van der Waals surface area contributed by atoms with Crippen molar-refractivity contribution >= 4 is 17.3 Å². The minimum Gasteiger partial charge on any atom is -0.478 e. The third kappa shape index (κ3) is 3.07. The zero-order valence-corrected chi connectivity index (χ0v) is 10.6. The van der Waals surface area contributed by atoms with Crippen LogP contribution < -0.4 is 11.1 Å². The highest BCUT2D eigenvalue weighted by Gasteiger charge is 2.15. The molecule has 4 N–H and O–H groups in total. The molecule has 0 aliphatic carbocycles. The molecular weight excluding hydrogens is 244 g/mol. The Bertz CT molecular complexity index is 564. The Kier molecular flexibility index (Phi) is 3.75. The van der Waals surface area contributed by atoms with Gasteiger partial charge in [0.15, 0.2) is 0 Å². The minimum absolute atomic E-state index is 0.00829. The standard InChI is InChI=1S/C14H16N2O3/c1-9(8-10-4-3-7-19-10)16-13-11(14(17)18)5-2-6-12(13)15/h2-7,9,16H,8,15H2,1H3,(H,17,18). The highest BCUT2D eigenvalue weighted by molar-refractivity contribution is 5.97. The van der Waals surface area contributed by atoms with Gasteiger partial charge in [-0.25, -0.2) is 4.79 Å². The molecule has 5 heteroatoms. The SMILES string of the molecule is CC(Cc1ccco1)Nc1c(N)cccc1C(=O)O. The highest BCUT2D eigenvalue weighted by Crippen LogP contribution is 2.24. The van der Waals surface area contributed by atoms with Gasteiger partial charge in [0.1, 0.15) is 5.76 Å². The summed E-state index contributed by atoms with van der Waals surface area (Å²) in [7, 11) is 0. The zero-order chi connectivity index (χ0) is 13.8. The van der Waals surface area contributed by atoms with Crippen molar-refractivity contribution in [1.82, 2.24) is 0 Å². The Hall–Kier alpha value is -2.43. The van der Waals surface area contributed by atoms with E-state index < -0.39 is 5.97 Å². The van der Waals surface area contributed by atoms with Gasteiger partial charge in [-0.2, -0.15) is 0 Å². The predicted octanol–water partition coefficient (Wildman–Crippen LogP) is 2.60. The number of benzene rings is 1.